The van der Waals surface area contributed by atoms with Gasteiger partial charge in [-0.25, -0.2) is 0 Å². The molecule has 1 heterocycles. The minimum atomic E-state index is -3.67. The van der Waals surface area contributed by atoms with Crippen LogP contribution in [0.1, 0.15) is 5.56 Å². The van der Waals surface area contributed by atoms with E-state index in [0.717, 1.165) is 11.1 Å². The maximum absolute atomic E-state index is 11.5. The minimum Gasteiger partial charge on any atom is -0.386 e. The van der Waals surface area contributed by atoms with Gasteiger partial charge in [-0.2, -0.15) is 13.1 Å². The van der Waals surface area contributed by atoms with E-state index < -0.39 is 10.2 Å². The number of nitrogens with one attached hydrogen (secondary N) is 1. The minimum absolute atomic E-state index is 0.128. The second-order valence-electron chi connectivity index (χ2n) is 4.49. The number of benzene rings is 1. The normalized spacial score (nSPS) is 28.2. The van der Waals surface area contributed by atoms with Crippen molar-refractivity contribution in [2.45, 2.75) is 6.04 Å². The van der Waals surface area contributed by atoms with E-state index >= 15 is 0 Å². The van der Waals surface area contributed by atoms with Gasteiger partial charge in [0.2, 0.25) is 0 Å². The summed E-state index contributed by atoms with van der Waals surface area (Å²) >= 11 is 0. The van der Waals surface area contributed by atoms with Crippen LogP contribution >= 0.6 is 0 Å². The van der Waals surface area contributed by atoms with Gasteiger partial charge in [0.15, 0.2) is 0 Å². The predicted molar refractivity (Wildman–Crippen MR) is 74.5 cm³/mol. The molecule has 1 aliphatic carbocycles. The highest BCUT2D eigenvalue weighted by Crippen LogP contribution is 2.32. The largest absolute Gasteiger partial charge is 0.386 e. The molecule has 0 amide bonds. The van der Waals surface area contributed by atoms with Gasteiger partial charge in [0.05, 0.1) is 12.0 Å². The fraction of sp³-hybridized carbons (Fsp3) is 0.154. The quantitative estimate of drug-likeness (QED) is 0.796. The predicted octanol–water partition coefficient (Wildman–Crippen LogP) is 0.830. The molecule has 98 valence electrons. The van der Waals surface area contributed by atoms with Gasteiger partial charge in [-0.15, -0.1) is 4.40 Å². The van der Waals surface area contributed by atoms with Crippen molar-refractivity contribution in [1.29, 1.82) is 0 Å². The topological polar surface area (TPSA) is 84.5 Å². The third kappa shape index (κ3) is 2.20. The molecule has 3 rings (SSSR count). The lowest BCUT2D eigenvalue weighted by molar-refractivity contribution is 0.554. The van der Waals surface area contributed by atoms with Crippen molar-refractivity contribution in [3.8, 4) is 0 Å². The van der Waals surface area contributed by atoms with Gasteiger partial charge in [-0.05, 0) is 11.1 Å². The standard InChI is InChI=1S/C13H13N3O2S/c14-13-12-10(9-5-2-1-3-6-9)7-4-8-11(12)15-19(17,18)16-13/h1-8,11-12,15H,(H2,14,16). The van der Waals surface area contributed by atoms with E-state index in [1.165, 1.54) is 0 Å². The van der Waals surface area contributed by atoms with Gasteiger partial charge in [-0.1, -0.05) is 48.6 Å². The highest BCUT2D eigenvalue weighted by molar-refractivity contribution is 7.88. The Bertz CT molecular complexity index is 690. The molecule has 6 heteroatoms. The van der Waals surface area contributed by atoms with Crippen LogP contribution in [0.3, 0.4) is 0 Å². The molecule has 0 saturated heterocycles. The van der Waals surface area contributed by atoms with Gasteiger partial charge in [0.25, 0.3) is 0 Å². The molecule has 19 heavy (non-hydrogen) atoms. The summed E-state index contributed by atoms with van der Waals surface area (Å²) in [4.78, 5) is 0. The second kappa shape index (κ2) is 4.32. The molecule has 2 atom stereocenters. The molecule has 0 bridgehead atoms. The van der Waals surface area contributed by atoms with E-state index in [4.69, 9.17) is 5.73 Å². The Morgan fingerprint density at radius 2 is 1.95 bits per heavy atom. The van der Waals surface area contributed by atoms with Crippen molar-refractivity contribution >= 4 is 21.6 Å². The van der Waals surface area contributed by atoms with Crippen molar-refractivity contribution < 1.29 is 8.42 Å². The van der Waals surface area contributed by atoms with E-state index in [1.807, 2.05) is 42.5 Å². The lowest BCUT2D eigenvalue weighted by Crippen LogP contribution is -2.49. The van der Waals surface area contributed by atoms with Crippen LogP contribution in [0.4, 0.5) is 0 Å². The number of nitrogens with two attached hydrogens (primary N) is 1. The number of amidine groups is 1. The van der Waals surface area contributed by atoms with Crippen LogP contribution in [0.2, 0.25) is 0 Å². The van der Waals surface area contributed by atoms with Crippen molar-refractivity contribution in [2.75, 3.05) is 0 Å². The monoisotopic (exact) mass is 275 g/mol. The molecule has 0 fully saturated rings. The van der Waals surface area contributed by atoms with E-state index in [2.05, 4.69) is 9.12 Å². The van der Waals surface area contributed by atoms with Gasteiger partial charge in [0, 0.05) is 0 Å². The zero-order chi connectivity index (χ0) is 13.5. The fourth-order valence-electron chi connectivity index (χ4n) is 2.44. The number of hydrogen-bond donors (Lipinski definition) is 2. The van der Waals surface area contributed by atoms with Gasteiger partial charge >= 0.3 is 10.2 Å². The molecule has 0 radical (unpaired) electrons. The molecule has 1 aromatic rings. The van der Waals surface area contributed by atoms with Gasteiger partial charge in [-0.3, -0.25) is 0 Å². The van der Waals surface area contributed by atoms with Crippen molar-refractivity contribution in [3.63, 3.8) is 0 Å². The number of allylic oxidation sites excluding steroid dienone is 2. The number of fused-ring (bicyclic) bond motifs is 1. The summed E-state index contributed by atoms with van der Waals surface area (Å²) in [7, 11) is -3.67. The van der Waals surface area contributed by atoms with Crippen LogP contribution < -0.4 is 10.5 Å². The summed E-state index contributed by atoms with van der Waals surface area (Å²) in [5.41, 5.74) is 7.83. The average Bonchev–Trinajstić information content (AvgIpc) is 2.37. The molecule has 3 N–H and O–H groups in total. The average molecular weight is 275 g/mol. The Kier molecular flexibility index (Phi) is 2.76. The summed E-state index contributed by atoms with van der Waals surface area (Å²) in [5, 5.41) is 0. The second-order valence-corrected chi connectivity index (χ2v) is 5.85. The molecule has 2 unspecified atom stereocenters. The molecule has 1 aromatic carbocycles. The summed E-state index contributed by atoms with van der Waals surface area (Å²) in [6.45, 7) is 0. The molecule has 2 aliphatic rings. The first kappa shape index (κ1) is 12.1. The van der Waals surface area contributed by atoms with Crippen LogP contribution in [0.15, 0.2) is 53.0 Å². The number of hydrogen-bond acceptors (Lipinski definition) is 3. The Morgan fingerprint density at radius 3 is 2.68 bits per heavy atom. The zero-order valence-electron chi connectivity index (χ0n) is 10.0. The van der Waals surface area contributed by atoms with Crippen LogP contribution in [0, 0.1) is 5.92 Å². The van der Waals surface area contributed by atoms with E-state index in [1.54, 1.807) is 6.08 Å². The van der Waals surface area contributed by atoms with Crippen molar-refractivity contribution in [3.05, 3.63) is 54.1 Å². The summed E-state index contributed by atoms with van der Waals surface area (Å²) in [6, 6.07) is 9.37. The first-order chi connectivity index (χ1) is 9.07. The molecular weight excluding hydrogens is 262 g/mol. The highest BCUT2D eigenvalue weighted by Gasteiger charge is 2.36. The van der Waals surface area contributed by atoms with Crippen LogP contribution in [0.5, 0.6) is 0 Å². The fourth-order valence-corrected chi connectivity index (χ4v) is 3.44. The Labute approximate surface area is 111 Å². The van der Waals surface area contributed by atoms with E-state index in [0.29, 0.717) is 0 Å². The zero-order valence-corrected chi connectivity index (χ0v) is 10.8. The third-order valence-corrected chi connectivity index (χ3v) is 4.25. The molecule has 0 aromatic heterocycles. The summed E-state index contributed by atoms with van der Waals surface area (Å²) < 4.78 is 29.1. The first-order valence-electron chi connectivity index (χ1n) is 5.88. The summed E-state index contributed by atoms with van der Waals surface area (Å²) in [5.74, 6) is -0.126. The lowest BCUT2D eigenvalue weighted by Gasteiger charge is -2.32. The molecule has 0 spiro atoms. The molecular formula is C13H13N3O2S. The number of rotatable bonds is 1. The maximum atomic E-state index is 11.5. The maximum Gasteiger partial charge on any atom is 0.322 e. The van der Waals surface area contributed by atoms with Crippen LogP contribution in [-0.2, 0) is 10.2 Å². The Hall–Kier alpha value is -1.92. The van der Waals surface area contributed by atoms with Crippen LogP contribution in [0.25, 0.3) is 5.57 Å². The van der Waals surface area contributed by atoms with E-state index in [-0.39, 0.29) is 17.8 Å². The first-order valence-corrected chi connectivity index (χ1v) is 7.32. The smallest absolute Gasteiger partial charge is 0.322 e. The van der Waals surface area contributed by atoms with E-state index in [9.17, 15) is 8.42 Å². The highest BCUT2D eigenvalue weighted by atomic mass is 32.2. The Morgan fingerprint density at radius 1 is 1.21 bits per heavy atom. The third-order valence-electron chi connectivity index (χ3n) is 3.22. The van der Waals surface area contributed by atoms with Crippen molar-refractivity contribution in [1.82, 2.24) is 4.72 Å². The lowest BCUT2D eigenvalue weighted by atomic mass is 9.83. The van der Waals surface area contributed by atoms with Gasteiger partial charge < -0.3 is 5.73 Å². The molecule has 5 nitrogen and oxygen atoms in total. The van der Waals surface area contributed by atoms with Gasteiger partial charge in [0.1, 0.15) is 5.84 Å². The Balaban J connectivity index is 2.09. The number of nitrogens with zero attached hydrogens (tertiary/aromatic N) is 1. The summed E-state index contributed by atoms with van der Waals surface area (Å²) in [6.07, 6.45) is 5.57. The van der Waals surface area contributed by atoms with Crippen molar-refractivity contribution in [2.24, 2.45) is 16.0 Å². The SMILES string of the molecule is NC1=NS(=O)(=O)NC2C=CC=C(c3ccccc3)C12. The van der Waals surface area contributed by atoms with Crippen LogP contribution in [-0.4, -0.2) is 20.3 Å². The molecule has 1 aliphatic heterocycles. The molecule has 0 saturated carbocycles.